The largest absolute Gasteiger partial charge is 0.497 e. The molecular weight excluding hydrogens is 350 g/mol. The maximum absolute atomic E-state index is 12.4. The second-order valence-electron chi connectivity index (χ2n) is 6.56. The molecule has 0 saturated carbocycles. The Morgan fingerprint density at radius 2 is 2.04 bits per heavy atom. The molecule has 1 aliphatic heterocycles. The van der Waals surface area contributed by atoms with E-state index in [-0.39, 0.29) is 5.56 Å². The van der Waals surface area contributed by atoms with Crippen LogP contribution in [0.5, 0.6) is 5.75 Å². The molecule has 3 heterocycles. The Hall–Kier alpha value is -2.37. The van der Waals surface area contributed by atoms with Crippen molar-refractivity contribution in [1.82, 2.24) is 14.3 Å². The van der Waals surface area contributed by atoms with Crippen LogP contribution in [0.15, 0.2) is 53.5 Å². The summed E-state index contributed by atoms with van der Waals surface area (Å²) in [6.45, 7) is 1.66. The highest BCUT2D eigenvalue weighted by Crippen LogP contribution is 2.33. The first kappa shape index (κ1) is 17.1. The summed E-state index contributed by atoms with van der Waals surface area (Å²) < 4.78 is 6.73. The smallest absolute Gasteiger partial charge is 0.258 e. The van der Waals surface area contributed by atoms with Gasteiger partial charge < -0.3 is 4.74 Å². The van der Waals surface area contributed by atoms with E-state index in [1.165, 1.54) is 9.96 Å². The molecule has 0 aliphatic carbocycles. The van der Waals surface area contributed by atoms with Crippen LogP contribution in [0.25, 0.3) is 5.65 Å². The van der Waals surface area contributed by atoms with Crippen LogP contribution < -0.4 is 10.3 Å². The molecular formula is C20H20ClN3O2. The predicted molar refractivity (Wildman–Crippen MR) is 102 cm³/mol. The van der Waals surface area contributed by atoms with Crippen molar-refractivity contribution >= 4 is 17.2 Å². The van der Waals surface area contributed by atoms with E-state index in [0.29, 0.717) is 23.3 Å². The van der Waals surface area contributed by atoms with Gasteiger partial charge in [0.2, 0.25) is 0 Å². The molecule has 5 nitrogen and oxygen atoms in total. The Morgan fingerprint density at radius 3 is 2.81 bits per heavy atom. The third-order valence-corrected chi connectivity index (χ3v) is 5.13. The topological polar surface area (TPSA) is 46.8 Å². The Morgan fingerprint density at radius 1 is 1.23 bits per heavy atom. The Labute approximate surface area is 156 Å². The molecule has 0 spiro atoms. The molecule has 0 bridgehead atoms. The van der Waals surface area contributed by atoms with Crippen molar-refractivity contribution in [2.75, 3.05) is 13.7 Å². The SMILES string of the molecule is COc1ccc(C2CCCN2Cc2cc(=O)n3cc(Cl)ccc3n2)cc1. The van der Waals surface area contributed by atoms with E-state index in [2.05, 4.69) is 22.0 Å². The number of likely N-dealkylation sites (tertiary alicyclic amines) is 1. The third-order valence-electron chi connectivity index (χ3n) is 4.91. The van der Waals surface area contributed by atoms with Gasteiger partial charge in [-0.15, -0.1) is 0 Å². The number of nitrogens with zero attached hydrogens (tertiary/aromatic N) is 3. The van der Waals surface area contributed by atoms with Crippen LogP contribution in [0.1, 0.15) is 30.1 Å². The second-order valence-corrected chi connectivity index (χ2v) is 7.00. The van der Waals surface area contributed by atoms with E-state index in [9.17, 15) is 4.79 Å². The molecule has 1 unspecified atom stereocenters. The molecule has 1 atom stereocenters. The highest BCUT2D eigenvalue weighted by Gasteiger charge is 2.26. The maximum atomic E-state index is 12.4. The van der Waals surface area contributed by atoms with Crippen LogP contribution in [-0.2, 0) is 6.54 Å². The zero-order valence-electron chi connectivity index (χ0n) is 14.6. The van der Waals surface area contributed by atoms with E-state index < -0.39 is 0 Å². The van der Waals surface area contributed by atoms with Crippen molar-refractivity contribution in [2.24, 2.45) is 0 Å². The van der Waals surface area contributed by atoms with Crippen molar-refractivity contribution in [1.29, 1.82) is 0 Å². The van der Waals surface area contributed by atoms with Crippen LogP contribution in [0.4, 0.5) is 0 Å². The van der Waals surface area contributed by atoms with Crippen LogP contribution in [0.3, 0.4) is 0 Å². The summed E-state index contributed by atoms with van der Waals surface area (Å²) in [5, 5.41) is 0.522. The highest BCUT2D eigenvalue weighted by atomic mass is 35.5. The lowest BCUT2D eigenvalue weighted by atomic mass is 10.0. The van der Waals surface area contributed by atoms with Gasteiger partial charge in [-0.1, -0.05) is 23.7 Å². The number of methoxy groups -OCH3 is 1. The van der Waals surface area contributed by atoms with Crippen LogP contribution in [0.2, 0.25) is 5.02 Å². The summed E-state index contributed by atoms with van der Waals surface area (Å²) in [6, 6.07) is 13.7. The molecule has 6 heteroatoms. The fraction of sp³-hybridized carbons (Fsp3) is 0.300. The lowest BCUT2D eigenvalue weighted by molar-refractivity contribution is 0.245. The molecule has 26 heavy (non-hydrogen) atoms. The number of aromatic nitrogens is 2. The van der Waals surface area contributed by atoms with E-state index in [4.69, 9.17) is 16.3 Å². The van der Waals surface area contributed by atoms with Gasteiger partial charge >= 0.3 is 0 Å². The monoisotopic (exact) mass is 369 g/mol. The van der Waals surface area contributed by atoms with Gasteiger partial charge in [-0.25, -0.2) is 4.98 Å². The zero-order chi connectivity index (χ0) is 18.1. The normalized spacial score (nSPS) is 17.7. The summed E-state index contributed by atoms with van der Waals surface area (Å²) in [4.78, 5) is 19.4. The highest BCUT2D eigenvalue weighted by molar-refractivity contribution is 6.30. The summed E-state index contributed by atoms with van der Waals surface area (Å²) >= 11 is 5.97. The molecule has 0 radical (unpaired) electrons. The molecule has 0 amide bonds. The van der Waals surface area contributed by atoms with Gasteiger partial charge in [0.05, 0.1) is 17.8 Å². The molecule has 3 aromatic rings. The molecule has 1 aromatic carbocycles. The maximum Gasteiger partial charge on any atom is 0.258 e. The van der Waals surface area contributed by atoms with Gasteiger partial charge in [0, 0.05) is 24.8 Å². The standard InChI is InChI=1S/C20H20ClN3O2/c1-26-17-7-4-14(5-8-17)18-3-2-10-23(18)13-16-11-20(25)24-12-15(21)6-9-19(24)22-16/h4-9,11-12,18H,2-3,10,13H2,1H3. The van der Waals surface area contributed by atoms with Crippen molar-refractivity contribution in [3.63, 3.8) is 0 Å². The van der Waals surface area contributed by atoms with Gasteiger partial charge in [-0.05, 0) is 49.2 Å². The van der Waals surface area contributed by atoms with Crippen LogP contribution >= 0.6 is 11.6 Å². The number of hydrogen-bond acceptors (Lipinski definition) is 4. The van der Waals surface area contributed by atoms with Crippen molar-refractivity contribution in [3.05, 3.63) is 75.3 Å². The fourth-order valence-corrected chi connectivity index (χ4v) is 3.79. The number of rotatable bonds is 4. The van der Waals surface area contributed by atoms with Gasteiger partial charge in [-0.2, -0.15) is 0 Å². The summed E-state index contributed by atoms with van der Waals surface area (Å²) in [5.74, 6) is 0.862. The van der Waals surface area contributed by atoms with Crippen LogP contribution in [-0.4, -0.2) is 27.9 Å². The number of hydrogen-bond donors (Lipinski definition) is 0. The van der Waals surface area contributed by atoms with E-state index >= 15 is 0 Å². The first-order chi connectivity index (χ1) is 12.6. The van der Waals surface area contributed by atoms with Gasteiger partial charge in [-0.3, -0.25) is 14.1 Å². The molecule has 1 aliphatic rings. The molecule has 2 aromatic heterocycles. The average molecular weight is 370 g/mol. The first-order valence-corrected chi connectivity index (χ1v) is 9.08. The number of benzene rings is 1. The number of pyridine rings is 1. The third kappa shape index (κ3) is 3.32. The average Bonchev–Trinajstić information content (AvgIpc) is 3.10. The first-order valence-electron chi connectivity index (χ1n) is 8.70. The molecule has 4 rings (SSSR count). The lowest BCUT2D eigenvalue weighted by Gasteiger charge is -2.24. The fourth-order valence-electron chi connectivity index (χ4n) is 3.63. The summed E-state index contributed by atoms with van der Waals surface area (Å²) in [5.41, 5.74) is 2.58. The number of halogens is 1. The number of ether oxygens (including phenoxy) is 1. The zero-order valence-corrected chi connectivity index (χ0v) is 15.3. The van der Waals surface area contributed by atoms with Crippen LogP contribution in [0, 0.1) is 0 Å². The van der Waals surface area contributed by atoms with Crippen molar-refractivity contribution in [2.45, 2.75) is 25.4 Å². The van der Waals surface area contributed by atoms with Gasteiger partial charge in [0.1, 0.15) is 11.4 Å². The van der Waals surface area contributed by atoms with E-state index in [1.54, 1.807) is 31.5 Å². The Bertz CT molecular complexity index is 985. The molecule has 134 valence electrons. The van der Waals surface area contributed by atoms with Crippen molar-refractivity contribution in [3.8, 4) is 5.75 Å². The lowest BCUT2D eigenvalue weighted by Crippen LogP contribution is -2.25. The quantitative estimate of drug-likeness (QED) is 0.703. The molecule has 1 saturated heterocycles. The Kier molecular flexibility index (Phi) is 4.66. The molecule has 0 N–H and O–H groups in total. The van der Waals surface area contributed by atoms with E-state index in [0.717, 1.165) is 30.8 Å². The summed E-state index contributed by atoms with van der Waals surface area (Å²) in [7, 11) is 1.67. The minimum absolute atomic E-state index is 0.104. The van der Waals surface area contributed by atoms with Crippen molar-refractivity contribution < 1.29 is 4.74 Å². The van der Waals surface area contributed by atoms with E-state index in [1.807, 2.05) is 12.1 Å². The van der Waals surface area contributed by atoms with Gasteiger partial charge in [0.25, 0.3) is 5.56 Å². The minimum atomic E-state index is -0.104. The van der Waals surface area contributed by atoms with Gasteiger partial charge in [0.15, 0.2) is 0 Å². The predicted octanol–water partition coefficient (Wildman–Crippen LogP) is 3.69. The summed E-state index contributed by atoms with van der Waals surface area (Å²) in [6.07, 6.45) is 3.85. The number of fused-ring (bicyclic) bond motifs is 1. The Balaban J connectivity index is 1.60. The minimum Gasteiger partial charge on any atom is -0.497 e. The second kappa shape index (κ2) is 7.09. The molecule has 1 fully saturated rings.